The summed E-state index contributed by atoms with van der Waals surface area (Å²) in [6.45, 7) is 3.43. The molecule has 0 spiro atoms. The van der Waals surface area contributed by atoms with Crippen molar-refractivity contribution in [3.63, 3.8) is 0 Å². The molecule has 2 N–H and O–H groups in total. The first-order valence-electron chi connectivity index (χ1n) is 6.69. The van der Waals surface area contributed by atoms with Crippen LogP contribution in [0, 0.1) is 11.7 Å². The zero-order valence-electron chi connectivity index (χ0n) is 11.7. The molecule has 1 aromatic carbocycles. The van der Waals surface area contributed by atoms with Crippen molar-refractivity contribution in [1.29, 1.82) is 0 Å². The van der Waals surface area contributed by atoms with Crippen LogP contribution in [0.2, 0.25) is 0 Å². The summed E-state index contributed by atoms with van der Waals surface area (Å²) < 4.78 is 41.8. The van der Waals surface area contributed by atoms with Gasteiger partial charge in [-0.05, 0) is 23.6 Å². The predicted octanol–water partition coefficient (Wildman–Crippen LogP) is 3.27. The summed E-state index contributed by atoms with van der Waals surface area (Å²) >= 11 is 0. The van der Waals surface area contributed by atoms with Crippen molar-refractivity contribution in [3.05, 3.63) is 35.1 Å². The molecule has 0 aromatic heterocycles. The molecule has 0 heterocycles. The minimum atomic E-state index is -3.47. The van der Waals surface area contributed by atoms with Crippen molar-refractivity contribution in [2.75, 3.05) is 0 Å². The van der Waals surface area contributed by atoms with Gasteiger partial charge in [0.2, 0.25) is 0 Å². The Hall–Kier alpha value is -1.56. The summed E-state index contributed by atoms with van der Waals surface area (Å²) in [5.74, 6) is -6.64. The highest BCUT2D eigenvalue weighted by molar-refractivity contribution is 5.68. The molecule has 116 valence electrons. The third-order valence-corrected chi connectivity index (χ3v) is 3.98. The molecule has 0 amide bonds. The SMILES string of the molecule is CC(C)[C@H]1c2ccc(F)cc2C(F)(F)C[C@@]1(O)CC(=O)O. The second kappa shape index (κ2) is 5.02. The van der Waals surface area contributed by atoms with Gasteiger partial charge in [-0.15, -0.1) is 0 Å². The number of carbonyl (C=O) groups is 1. The van der Waals surface area contributed by atoms with Crippen molar-refractivity contribution in [3.8, 4) is 0 Å². The molecular weight excluding hydrogens is 285 g/mol. The maximum atomic E-state index is 14.2. The van der Waals surface area contributed by atoms with Gasteiger partial charge in [0.1, 0.15) is 5.82 Å². The highest BCUT2D eigenvalue weighted by Gasteiger charge is 2.55. The molecule has 2 rings (SSSR count). The van der Waals surface area contributed by atoms with Gasteiger partial charge in [-0.3, -0.25) is 4.79 Å². The van der Waals surface area contributed by atoms with E-state index in [-0.39, 0.29) is 11.5 Å². The molecule has 1 aromatic rings. The largest absolute Gasteiger partial charge is 0.481 e. The van der Waals surface area contributed by atoms with Crippen LogP contribution in [0.1, 0.15) is 43.7 Å². The normalized spacial score (nSPS) is 27.5. The molecule has 6 heteroatoms. The average molecular weight is 302 g/mol. The Morgan fingerprint density at radius 1 is 1.43 bits per heavy atom. The monoisotopic (exact) mass is 302 g/mol. The molecule has 21 heavy (non-hydrogen) atoms. The number of aliphatic hydroxyl groups is 1. The fraction of sp³-hybridized carbons (Fsp3) is 0.533. The quantitative estimate of drug-likeness (QED) is 0.901. The van der Waals surface area contributed by atoms with E-state index < -0.39 is 47.6 Å². The molecule has 0 bridgehead atoms. The number of rotatable bonds is 3. The molecule has 0 unspecified atom stereocenters. The van der Waals surface area contributed by atoms with E-state index in [4.69, 9.17) is 5.11 Å². The second-order valence-corrected chi connectivity index (χ2v) is 6.01. The topological polar surface area (TPSA) is 57.5 Å². The number of fused-ring (bicyclic) bond motifs is 1. The van der Waals surface area contributed by atoms with Crippen LogP contribution in [0.3, 0.4) is 0 Å². The van der Waals surface area contributed by atoms with Crippen LogP contribution in [-0.2, 0) is 10.7 Å². The van der Waals surface area contributed by atoms with E-state index in [1.807, 2.05) is 0 Å². The van der Waals surface area contributed by atoms with Crippen molar-refractivity contribution in [2.45, 2.75) is 44.1 Å². The van der Waals surface area contributed by atoms with Gasteiger partial charge in [0.25, 0.3) is 5.92 Å². The first-order chi connectivity index (χ1) is 9.57. The summed E-state index contributed by atoms with van der Waals surface area (Å²) in [6.07, 6.45) is -1.80. The van der Waals surface area contributed by atoms with E-state index in [0.29, 0.717) is 0 Å². The van der Waals surface area contributed by atoms with Crippen molar-refractivity contribution >= 4 is 5.97 Å². The highest BCUT2D eigenvalue weighted by Crippen LogP contribution is 2.53. The lowest BCUT2D eigenvalue weighted by Gasteiger charge is -2.45. The van der Waals surface area contributed by atoms with Crippen LogP contribution in [0.15, 0.2) is 18.2 Å². The summed E-state index contributed by atoms with van der Waals surface area (Å²) in [5, 5.41) is 19.5. The van der Waals surface area contributed by atoms with Gasteiger partial charge in [0.05, 0.1) is 12.0 Å². The molecule has 0 saturated carbocycles. The Balaban J connectivity index is 2.64. The highest BCUT2D eigenvalue weighted by atomic mass is 19.3. The van der Waals surface area contributed by atoms with Crippen LogP contribution in [0.4, 0.5) is 13.2 Å². The standard InChI is InChI=1S/C15H17F3O3/c1-8(2)13-10-4-3-9(16)5-11(10)15(17,18)7-14(13,21)6-12(19)20/h3-5,8,13,21H,6-7H2,1-2H3,(H,19,20)/t13-,14-/m0/s1. The molecule has 3 nitrogen and oxygen atoms in total. The van der Waals surface area contributed by atoms with Gasteiger partial charge >= 0.3 is 5.97 Å². The van der Waals surface area contributed by atoms with Gasteiger partial charge in [0.15, 0.2) is 0 Å². The first-order valence-corrected chi connectivity index (χ1v) is 6.69. The van der Waals surface area contributed by atoms with Gasteiger partial charge in [-0.1, -0.05) is 19.9 Å². The van der Waals surface area contributed by atoms with E-state index >= 15 is 0 Å². The van der Waals surface area contributed by atoms with Gasteiger partial charge < -0.3 is 10.2 Å². The molecule has 0 fully saturated rings. The predicted molar refractivity (Wildman–Crippen MR) is 69.7 cm³/mol. The molecule has 2 atom stereocenters. The van der Waals surface area contributed by atoms with Gasteiger partial charge in [0, 0.05) is 17.9 Å². The Kier molecular flexibility index (Phi) is 3.78. The Labute approximate surface area is 120 Å². The van der Waals surface area contributed by atoms with Crippen LogP contribution in [0.5, 0.6) is 0 Å². The molecule has 0 aliphatic heterocycles. The molecular formula is C15H17F3O3. The zero-order chi connectivity index (χ0) is 16.0. The average Bonchev–Trinajstić information content (AvgIpc) is 2.27. The minimum absolute atomic E-state index is 0.117. The number of carboxylic acid groups (broad SMARTS) is 1. The van der Waals surface area contributed by atoms with E-state index in [0.717, 1.165) is 12.1 Å². The lowest BCUT2D eigenvalue weighted by atomic mass is 9.64. The Morgan fingerprint density at radius 3 is 2.57 bits per heavy atom. The molecule has 1 aliphatic carbocycles. The van der Waals surface area contributed by atoms with E-state index in [1.54, 1.807) is 13.8 Å². The van der Waals surface area contributed by atoms with E-state index in [1.165, 1.54) is 6.07 Å². The van der Waals surface area contributed by atoms with Crippen molar-refractivity contribution < 1.29 is 28.2 Å². The molecule has 0 saturated heterocycles. The van der Waals surface area contributed by atoms with Gasteiger partial charge in [-0.2, -0.15) is 0 Å². The Bertz CT molecular complexity index is 571. The number of alkyl halides is 2. The maximum absolute atomic E-state index is 14.2. The third kappa shape index (κ3) is 2.77. The number of benzene rings is 1. The molecule has 1 aliphatic rings. The van der Waals surface area contributed by atoms with E-state index in [2.05, 4.69) is 0 Å². The summed E-state index contributed by atoms with van der Waals surface area (Å²) in [4.78, 5) is 11.0. The number of hydrogen-bond acceptors (Lipinski definition) is 2. The van der Waals surface area contributed by atoms with Crippen LogP contribution in [0.25, 0.3) is 0 Å². The second-order valence-electron chi connectivity index (χ2n) is 6.01. The summed E-state index contributed by atoms with van der Waals surface area (Å²) in [6, 6.07) is 3.04. The lowest BCUT2D eigenvalue weighted by molar-refractivity contribution is -0.157. The summed E-state index contributed by atoms with van der Waals surface area (Å²) in [7, 11) is 0. The van der Waals surface area contributed by atoms with Crippen molar-refractivity contribution in [1.82, 2.24) is 0 Å². The van der Waals surface area contributed by atoms with Crippen LogP contribution in [-0.4, -0.2) is 21.8 Å². The third-order valence-electron chi connectivity index (χ3n) is 3.98. The summed E-state index contributed by atoms with van der Waals surface area (Å²) in [5.41, 5.74) is -2.41. The fourth-order valence-electron chi connectivity index (χ4n) is 3.41. The van der Waals surface area contributed by atoms with Crippen molar-refractivity contribution in [2.24, 2.45) is 5.92 Å². The Morgan fingerprint density at radius 2 is 2.05 bits per heavy atom. The van der Waals surface area contributed by atoms with Crippen LogP contribution < -0.4 is 0 Å². The van der Waals surface area contributed by atoms with Gasteiger partial charge in [-0.25, -0.2) is 13.2 Å². The first kappa shape index (κ1) is 15.8. The number of hydrogen-bond donors (Lipinski definition) is 2. The fourth-order valence-corrected chi connectivity index (χ4v) is 3.41. The zero-order valence-corrected chi connectivity index (χ0v) is 11.7. The number of aliphatic carboxylic acids is 1. The maximum Gasteiger partial charge on any atom is 0.306 e. The smallest absolute Gasteiger partial charge is 0.306 e. The number of carboxylic acids is 1. The molecule has 0 radical (unpaired) electrons. The minimum Gasteiger partial charge on any atom is -0.481 e. The lowest BCUT2D eigenvalue weighted by Crippen LogP contribution is -2.49. The van der Waals surface area contributed by atoms with Crippen LogP contribution >= 0.6 is 0 Å². The van der Waals surface area contributed by atoms with E-state index in [9.17, 15) is 23.1 Å². The number of halogens is 3.